The summed E-state index contributed by atoms with van der Waals surface area (Å²) in [6.45, 7) is 5.49. The molecule has 1 saturated heterocycles. The number of nitrogens with zero attached hydrogens (tertiary/aromatic N) is 1. The third-order valence-corrected chi connectivity index (χ3v) is 3.92. The second-order valence-electron chi connectivity index (χ2n) is 5.55. The van der Waals surface area contributed by atoms with E-state index in [4.69, 9.17) is 0 Å². The molecule has 2 atom stereocenters. The molecular weight excluding hydrogens is 254 g/mol. The number of piperidine rings is 1. The first kappa shape index (κ1) is 17.7. The standard InChI is InChI=1S/C16H20N2.B.Na/c1-11-3-8-15(17-10-11)14-7-6-13-5-4-12(2)18-16(13)9-14;;/h4-7,9,11,15,17H,3,8,10H2,1-2H3;;/q;-1;+1. The van der Waals surface area contributed by atoms with Crippen LogP contribution in [0, 0.1) is 12.8 Å². The number of aryl methyl sites for hydroxylation is 1. The number of fused-ring (bicyclic) bond motifs is 1. The van der Waals surface area contributed by atoms with Crippen molar-refractivity contribution in [2.45, 2.75) is 32.7 Å². The molecule has 1 aliphatic heterocycles. The molecule has 2 heterocycles. The molecule has 1 aromatic carbocycles. The normalized spacial score (nSPS) is 21.9. The maximum Gasteiger partial charge on any atom is 1.00 e. The van der Waals surface area contributed by atoms with Crippen LogP contribution in [0.1, 0.15) is 37.1 Å². The van der Waals surface area contributed by atoms with Crippen molar-refractivity contribution in [2.24, 2.45) is 5.92 Å². The van der Waals surface area contributed by atoms with E-state index in [1.807, 2.05) is 6.92 Å². The average Bonchev–Trinajstić information content (AvgIpc) is 2.38. The molecular formula is C16H20BN2Na. The summed E-state index contributed by atoms with van der Waals surface area (Å²) in [5.74, 6) is 0.807. The van der Waals surface area contributed by atoms with Gasteiger partial charge in [0.2, 0.25) is 0 Å². The maximum atomic E-state index is 4.62. The SMILES string of the molecule is Cc1ccc2ccc(C3CCC(C)CN3)cc2n1.[B-].[Na+]. The first-order chi connectivity index (χ1) is 8.72. The number of rotatable bonds is 1. The molecule has 4 radical (unpaired) electrons. The van der Waals surface area contributed by atoms with Gasteiger partial charge in [0.05, 0.1) is 5.52 Å². The molecule has 1 aliphatic rings. The zero-order valence-electron chi connectivity index (χ0n) is 12.7. The summed E-state index contributed by atoms with van der Waals surface area (Å²) in [5, 5.41) is 4.87. The van der Waals surface area contributed by atoms with Gasteiger partial charge < -0.3 is 13.7 Å². The van der Waals surface area contributed by atoms with Crippen LogP contribution in [0.3, 0.4) is 0 Å². The molecule has 0 spiro atoms. The summed E-state index contributed by atoms with van der Waals surface area (Å²) < 4.78 is 0. The molecule has 1 aromatic heterocycles. The Balaban J connectivity index is 0.000001000. The summed E-state index contributed by atoms with van der Waals surface area (Å²) in [5.41, 5.74) is 3.59. The largest absolute Gasteiger partial charge is 1.00 e. The van der Waals surface area contributed by atoms with Crippen molar-refractivity contribution in [1.82, 2.24) is 10.3 Å². The summed E-state index contributed by atoms with van der Waals surface area (Å²) >= 11 is 0. The Hall–Kier alpha value is -0.345. The Labute approximate surface area is 145 Å². The van der Waals surface area contributed by atoms with Crippen LogP contribution in [0.25, 0.3) is 10.9 Å². The quantitative estimate of drug-likeness (QED) is 0.753. The van der Waals surface area contributed by atoms with Gasteiger partial charge in [-0.05, 0) is 49.9 Å². The van der Waals surface area contributed by atoms with Crippen LogP contribution < -0.4 is 34.9 Å². The van der Waals surface area contributed by atoms with Gasteiger partial charge in [-0.2, -0.15) is 0 Å². The van der Waals surface area contributed by atoms with E-state index in [-0.39, 0.29) is 38.0 Å². The van der Waals surface area contributed by atoms with Crippen molar-refractivity contribution in [2.75, 3.05) is 6.54 Å². The number of hydrogen-bond donors (Lipinski definition) is 1. The van der Waals surface area contributed by atoms with Crippen LogP contribution in [-0.2, 0) is 0 Å². The number of pyridine rings is 1. The van der Waals surface area contributed by atoms with Gasteiger partial charge in [0.1, 0.15) is 0 Å². The molecule has 2 nitrogen and oxygen atoms in total. The van der Waals surface area contributed by atoms with E-state index in [0.29, 0.717) is 6.04 Å². The molecule has 0 amide bonds. The van der Waals surface area contributed by atoms with E-state index >= 15 is 0 Å². The van der Waals surface area contributed by atoms with Gasteiger partial charge >= 0.3 is 29.6 Å². The fourth-order valence-electron chi connectivity index (χ4n) is 2.74. The molecule has 0 aliphatic carbocycles. The fraction of sp³-hybridized carbons (Fsp3) is 0.438. The van der Waals surface area contributed by atoms with E-state index in [0.717, 1.165) is 23.7 Å². The smallest absolute Gasteiger partial charge is 1.00 e. The monoisotopic (exact) mass is 274 g/mol. The summed E-state index contributed by atoms with van der Waals surface area (Å²) in [6.07, 6.45) is 2.55. The van der Waals surface area contributed by atoms with Crippen LogP contribution in [0.2, 0.25) is 0 Å². The van der Waals surface area contributed by atoms with E-state index in [1.54, 1.807) is 0 Å². The average molecular weight is 274 g/mol. The van der Waals surface area contributed by atoms with Crippen LogP contribution in [-0.4, -0.2) is 19.9 Å². The second kappa shape index (κ2) is 7.60. The molecule has 0 saturated carbocycles. The molecule has 1 N–H and O–H groups in total. The van der Waals surface area contributed by atoms with Gasteiger partial charge in [0.25, 0.3) is 0 Å². The van der Waals surface area contributed by atoms with Crippen LogP contribution in [0.4, 0.5) is 0 Å². The minimum absolute atomic E-state index is 0. The van der Waals surface area contributed by atoms with E-state index in [2.05, 4.69) is 47.6 Å². The van der Waals surface area contributed by atoms with Crippen molar-refractivity contribution in [3.8, 4) is 0 Å². The fourth-order valence-corrected chi connectivity index (χ4v) is 2.74. The van der Waals surface area contributed by atoms with E-state index < -0.39 is 0 Å². The Morgan fingerprint density at radius 1 is 1.15 bits per heavy atom. The molecule has 3 rings (SSSR count). The van der Waals surface area contributed by atoms with Crippen LogP contribution >= 0.6 is 0 Å². The molecule has 98 valence electrons. The predicted molar refractivity (Wildman–Crippen MR) is 81.4 cm³/mol. The van der Waals surface area contributed by atoms with Gasteiger partial charge in [0.15, 0.2) is 0 Å². The molecule has 0 bridgehead atoms. The topological polar surface area (TPSA) is 24.9 Å². The summed E-state index contributed by atoms with van der Waals surface area (Å²) in [7, 11) is 0. The van der Waals surface area contributed by atoms with Crippen molar-refractivity contribution in [3.05, 3.63) is 41.6 Å². The molecule has 20 heavy (non-hydrogen) atoms. The maximum absolute atomic E-state index is 4.62. The number of aromatic nitrogens is 1. The van der Waals surface area contributed by atoms with Gasteiger partial charge in [-0.25, -0.2) is 0 Å². The Bertz CT molecular complexity index is 565. The first-order valence-electron chi connectivity index (χ1n) is 6.83. The summed E-state index contributed by atoms with van der Waals surface area (Å²) in [4.78, 5) is 4.62. The number of benzene rings is 1. The van der Waals surface area contributed by atoms with Crippen molar-refractivity contribution in [3.63, 3.8) is 0 Å². The second-order valence-corrected chi connectivity index (χ2v) is 5.55. The minimum Gasteiger partial charge on any atom is -1.00 e. The molecule has 1 fully saturated rings. The van der Waals surface area contributed by atoms with E-state index in [9.17, 15) is 0 Å². The zero-order chi connectivity index (χ0) is 12.5. The third-order valence-electron chi connectivity index (χ3n) is 3.92. The number of hydrogen-bond acceptors (Lipinski definition) is 2. The van der Waals surface area contributed by atoms with E-state index in [1.165, 1.54) is 23.8 Å². The van der Waals surface area contributed by atoms with Gasteiger partial charge in [-0.15, -0.1) is 0 Å². The summed E-state index contributed by atoms with van der Waals surface area (Å²) in [6, 6.07) is 11.4. The van der Waals surface area contributed by atoms with Gasteiger partial charge in [-0.1, -0.05) is 25.1 Å². The van der Waals surface area contributed by atoms with Crippen molar-refractivity contribution >= 4 is 19.3 Å². The Morgan fingerprint density at radius 3 is 2.60 bits per heavy atom. The Morgan fingerprint density at radius 2 is 1.90 bits per heavy atom. The predicted octanol–water partition coefficient (Wildman–Crippen LogP) is 0.227. The zero-order valence-corrected chi connectivity index (χ0v) is 14.7. The Kier molecular flexibility index (Phi) is 6.73. The van der Waals surface area contributed by atoms with Gasteiger partial charge in [0, 0.05) is 17.1 Å². The molecule has 2 aromatic rings. The molecule has 2 unspecified atom stereocenters. The third kappa shape index (κ3) is 3.85. The van der Waals surface area contributed by atoms with Crippen molar-refractivity contribution < 1.29 is 29.6 Å². The van der Waals surface area contributed by atoms with Gasteiger partial charge in [-0.3, -0.25) is 4.98 Å². The first-order valence-corrected chi connectivity index (χ1v) is 6.83. The minimum atomic E-state index is 0. The van der Waals surface area contributed by atoms with Crippen LogP contribution in [0.5, 0.6) is 0 Å². The number of nitrogens with one attached hydrogen (secondary N) is 1. The van der Waals surface area contributed by atoms with Crippen LogP contribution in [0.15, 0.2) is 30.3 Å². The van der Waals surface area contributed by atoms with Crippen molar-refractivity contribution in [1.29, 1.82) is 0 Å². The molecule has 4 heteroatoms.